The van der Waals surface area contributed by atoms with Gasteiger partial charge in [0.15, 0.2) is 0 Å². The smallest absolute Gasteiger partial charge is 0.338 e. The van der Waals surface area contributed by atoms with Crippen LogP contribution in [0.3, 0.4) is 0 Å². The van der Waals surface area contributed by atoms with Crippen molar-refractivity contribution in [3.8, 4) is 0 Å². The monoisotopic (exact) mass is 273 g/mol. The number of amides is 1. The van der Waals surface area contributed by atoms with Crippen LogP contribution in [0, 0.1) is 11.3 Å². The quantitative estimate of drug-likeness (QED) is 0.858. The third-order valence-corrected chi connectivity index (χ3v) is 4.52. The summed E-state index contributed by atoms with van der Waals surface area (Å²) in [7, 11) is 0. The molecule has 2 fully saturated rings. The van der Waals surface area contributed by atoms with E-state index >= 15 is 0 Å². The van der Waals surface area contributed by atoms with E-state index in [4.69, 9.17) is 4.74 Å². The van der Waals surface area contributed by atoms with Gasteiger partial charge in [0.05, 0.1) is 12.2 Å². The SMILES string of the molecule is CCOC(=O)c1ccc(NC(=O)[C@H]2CC23CCC3)cc1. The molecule has 1 spiro atoms. The van der Waals surface area contributed by atoms with Gasteiger partial charge < -0.3 is 10.1 Å². The van der Waals surface area contributed by atoms with E-state index in [2.05, 4.69) is 5.32 Å². The van der Waals surface area contributed by atoms with E-state index in [9.17, 15) is 9.59 Å². The van der Waals surface area contributed by atoms with Gasteiger partial charge in [-0.2, -0.15) is 0 Å². The molecule has 20 heavy (non-hydrogen) atoms. The Hall–Kier alpha value is -1.84. The van der Waals surface area contributed by atoms with Crippen LogP contribution < -0.4 is 5.32 Å². The highest BCUT2D eigenvalue weighted by molar-refractivity contribution is 5.96. The van der Waals surface area contributed by atoms with Crippen molar-refractivity contribution in [2.75, 3.05) is 11.9 Å². The van der Waals surface area contributed by atoms with Crippen molar-refractivity contribution in [1.29, 1.82) is 0 Å². The zero-order valence-corrected chi connectivity index (χ0v) is 11.6. The molecule has 1 atom stereocenters. The number of nitrogens with one attached hydrogen (secondary N) is 1. The molecule has 3 rings (SSSR count). The molecule has 1 N–H and O–H groups in total. The Morgan fingerprint density at radius 1 is 1.30 bits per heavy atom. The molecule has 2 aliphatic rings. The molecule has 4 nitrogen and oxygen atoms in total. The molecule has 106 valence electrons. The Morgan fingerprint density at radius 3 is 2.50 bits per heavy atom. The largest absolute Gasteiger partial charge is 0.462 e. The number of carbonyl (C=O) groups excluding carboxylic acids is 2. The summed E-state index contributed by atoms with van der Waals surface area (Å²) in [5.74, 6) is -0.0180. The summed E-state index contributed by atoms with van der Waals surface area (Å²) in [6.07, 6.45) is 4.71. The third kappa shape index (κ3) is 2.30. The topological polar surface area (TPSA) is 55.4 Å². The Kier molecular flexibility index (Phi) is 3.24. The number of carbonyl (C=O) groups is 2. The summed E-state index contributed by atoms with van der Waals surface area (Å²) in [5, 5.41) is 2.93. The van der Waals surface area contributed by atoms with Gasteiger partial charge in [-0.15, -0.1) is 0 Å². The van der Waals surface area contributed by atoms with Crippen LogP contribution in [0.4, 0.5) is 5.69 Å². The minimum absolute atomic E-state index is 0.119. The number of anilines is 1. The fraction of sp³-hybridized carbons (Fsp3) is 0.500. The maximum absolute atomic E-state index is 12.1. The second kappa shape index (κ2) is 4.93. The maximum atomic E-state index is 12.1. The van der Waals surface area contributed by atoms with Gasteiger partial charge in [-0.25, -0.2) is 4.79 Å². The van der Waals surface area contributed by atoms with Gasteiger partial charge in [-0.05, 0) is 55.9 Å². The molecular weight excluding hydrogens is 254 g/mol. The molecule has 0 aliphatic heterocycles. The van der Waals surface area contributed by atoms with Crippen LogP contribution in [-0.2, 0) is 9.53 Å². The zero-order chi connectivity index (χ0) is 14.2. The first-order valence-corrected chi connectivity index (χ1v) is 7.23. The van der Waals surface area contributed by atoms with Gasteiger partial charge in [0.25, 0.3) is 0 Å². The Labute approximate surface area is 118 Å². The van der Waals surface area contributed by atoms with Crippen molar-refractivity contribution < 1.29 is 14.3 Å². The molecule has 2 saturated carbocycles. The van der Waals surface area contributed by atoms with Gasteiger partial charge in [0.2, 0.25) is 5.91 Å². The number of benzene rings is 1. The van der Waals surface area contributed by atoms with Crippen LogP contribution in [0.5, 0.6) is 0 Å². The maximum Gasteiger partial charge on any atom is 0.338 e. The minimum Gasteiger partial charge on any atom is -0.462 e. The van der Waals surface area contributed by atoms with E-state index in [0.717, 1.165) is 12.1 Å². The normalized spacial score (nSPS) is 21.9. The fourth-order valence-electron chi connectivity index (χ4n) is 3.04. The summed E-state index contributed by atoms with van der Waals surface area (Å²) in [6, 6.07) is 6.86. The molecule has 0 bridgehead atoms. The Morgan fingerprint density at radius 2 is 2.00 bits per heavy atom. The molecule has 2 aliphatic carbocycles. The Bertz CT molecular complexity index is 531. The van der Waals surface area contributed by atoms with Crippen LogP contribution in [0.2, 0.25) is 0 Å². The molecule has 1 aromatic carbocycles. The molecule has 0 aromatic heterocycles. The van der Waals surface area contributed by atoms with Crippen LogP contribution in [0.1, 0.15) is 43.0 Å². The lowest BCUT2D eigenvalue weighted by molar-refractivity contribution is -0.118. The first-order valence-electron chi connectivity index (χ1n) is 7.23. The predicted octanol–water partition coefficient (Wildman–Crippen LogP) is 2.99. The molecule has 0 heterocycles. The number of rotatable bonds is 4. The van der Waals surface area contributed by atoms with Crippen molar-refractivity contribution in [1.82, 2.24) is 0 Å². The second-order valence-corrected chi connectivity index (χ2v) is 5.76. The molecule has 0 unspecified atom stereocenters. The van der Waals surface area contributed by atoms with E-state index in [1.807, 2.05) is 0 Å². The predicted molar refractivity (Wildman–Crippen MR) is 75.4 cm³/mol. The first-order chi connectivity index (χ1) is 9.64. The molecule has 0 saturated heterocycles. The number of esters is 1. The summed E-state index contributed by atoms with van der Waals surface area (Å²) in [4.78, 5) is 23.6. The number of ether oxygens (including phenoxy) is 1. The molecule has 1 amide bonds. The van der Waals surface area contributed by atoms with Gasteiger partial charge in [-0.1, -0.05) is 6.42 Å². The average molecular weight is 273 g/mol. The van der Waals surface area contributed by atoms with Gasteiger partial charge in [0, 0.05) is 11.6 Å². The molecule has 0 radical (unpaired) electrons. The van der Waals surface area contributed by atoms with Crippen molar-refractivity contribution >= 4 is 17.6 Å². The third-order valence-electron chi connectivity index (χ3n) is 4.52. The van der Waals surface area contributed by atoms with E-state index < -0.39 is 0 Å². The van der Waals surface area contributed by atoms with E-state index in [0.29, 0.717) is 17.6 Å². The van der Waals surface area contributed by atoms with Crippen molar-refractivity contribution in [3.63, 3.8) is 0 Å². The highest BCUT2D eigenvalue weighted by Crippen LogP contribution is 2.65. The van der Waals surface area contributed by atoms with E-state index in [-0.39, 0.29) is 17.8 Å². The summed E-state index contributed by atoms with van der Waals surface area (Å²) < 4.78 is 4.92. The van der Waals surface area contributed by atoms with Crippen molar-refractivity contribution in [2.45, 2.75) is 32.6 Å². The lowest BCUT2D eigenvalue weighted by Gasteiger charge is -2.26. The molecular formula is C16H19NO3. The van der Waals surface area contributed by atoms with Crippen molar-refractivity contribution in [3.05, 3.63) is 29.8 Å². The molecule has 1 aromatic rings. The molecule has 4 heteroatoms. The van der Waals surface area contributed by atoms with Gasteiger partial charge >= 0.3 is 5.97 Å². The van der Waals surface area contributed by atoms with Gasteiger partial charge in [-0.3, -0.25) is 4.79 Å². The number of hydrogen-bond acceptors (Lipinski definition) is 3. The highest BCUT2D eigenvalue weighted by Gasteiger charge is 2.60. The zero-order valence-electron chi connectivity index (χ0n) is 11.6. The number of hydrogen-bond donors (Lipinski definition) is 1. The second-order valence-electron chi connectivity index (χ2n) is 5.76. The first kappa shape index (κ1) is 13.2. The van der Waals surface area contributed by atoms with Gasteiger partial charge in [0.1, 0.15) is 0 Å². The van der Waals surface area contributed by atoms with Crippen LogP contribution in [-0.4, -0.2) is 18.5 Å². The summed E-state index contributed by atoms with van der Waals surface area (Å²) >= 11 is 0. The van der Waals surface area contributed by atoms with Crippen molar-refractivity contribution in [2.24, 2.45) is 11.3 Å². The van der Waals surface area contributed by atoms with Crippen LogP contribution in [0.25, 0.3) is 0 Å². The summed E-state index contributed by atoms with van der Waals surface area (Å²) in [5.41, 5.74) is 1.59. The lowest BCUT2D eigenvalue weighted by atomic mass is 9.79. The fourth-order valence-corrected chi connectivity index (χ4v) is 3.04. The summed E-state index contributed by atoms with van der Waals surface area (Å²) in [6.45, 7) is 2.14. The highest BCUT2D eigenvalue weighted by atomic mass is 16.5. The van der Waals surface area contributed by atoms with Crippen LogP contribution >= 0.6 is 0 Å². The average Bonchev–Trinajstić information content (AvgIpc) is 3.15. The Balaban J connectivity index is 1.58. The van der Waals surface area contributed by atoms with E-state index in [1.165, 1.54) is 19.3 Å². The lowest BCUT2D eigenvalue weighted by Crippen LogP contribution is -2.23. The van der Waals surface area contributed by atoms with Crippen LogP contribution in [0.15, 0.2) is 24.3 Å². The minimum atomic E-state index is -0.332. The standard InChI is InChI=1S/C16H19NO3/c1-2-20-15(19)11-4-6-12(7-5-11)17-14(18)13-10-16(13)8-3-9-16/h4-7,13H,2-3,8-10H2,1H3,(H,17,18)/t13-/m1/s1. The van der Waals surface area contributed by atoms with E-state index in [1.54, 1.807) is 31.2 Å².